The Balaban J connectivity index is 0.00000117. The highest BCUT2D eigenvalue weighted by Gasteiger charge is 2.44. The van der Waals surface area contributed by atoms with Crippen molar-refractivity contribution in [3.63, 3.8) is 0 Å². The predicted molar refractivity (Wildman–Crippen MR) is 122 cm³/mol. The molecule has 0 aromatic rings. The highest BCUT2D eigenvalue weighted by molar-refractivity contribution is 5.79. The molecule has 4 nitrogen and oxygen atoms in total. The molecule has 3 aliphatic heterocycles. The van der Waals surface area contributed by atoms with Gasteiger partial charge in [0, 0.05) is 38.1 Å². The molecular weight excluding hydrogens is 358 g/mol. The minimum Gasteiger partial charge on any atom is -0.342 e. The molecular formula is C25H47N3O. The number of hydrogen-bond acceptors (Lipinski definition) is 3. The summed E-state index contributed by atoms with van der Waals surface area (Å²) < 4.78 is 0. The van der Waals surface area contributed by atoms with Crippen molar-refractivity contribution in [1.29, 1.82) is 0 Å². The van der Waals surface area contributed by atoms with E-state index in [2.05, 4.69) is 35.6 Å². The topological polar surface area (TPSA) is 26.8 Å². The van der Waals surface area contributed by atoms with Crippen LogP contribution < -0.4 is 0 Å². The molecule has 4 fully saturated rings. The Kier molecular flexibility index (Phi) is 8.06. The largest absolute Gasteiger partial charge is 0.342 e. The molecule has 0 atom stereocenters. The van der Waals surface area contributed by atoms with Gasteiger partial charge in [0.1, 0.15) is 0 Å². The van der Waals surface area contributed by atoms with Gasteiger partial charge in [0.15, 0.2) is 0 Å². The first-order valence-electron chi connectivity index (χ1n) is 12.7. The van der Waals surface area contributed by atoms with Gasteiger partial charge < -0.3 is 14.7 Å². The first kappa shape index (κ1) is 23.1. The third kappa shape index (κ3) is 5.36. The third-order valence-electron chi connectivity index (χ3n) is 8.43. The molecule has 1 spiro atoms. The molecule has 3 heterocycles. The number of piperidine rings is 2. The van der Waals surface area contributed by atoms with Crippen molar-refractivity contribution in [3.8, 4) is 0 Å². The number of carbonyl (C=O) groups is 1. The maximum absolute atomic E-state index is 13.0. The minimum atomic E-state index is 0.313. The van der Waals surface area contributed by atoms with E-state index in [1.165, 1.54) is 64.7 Å². The molecule has 1 saturated carbocycles. The fraction of sp³-hybridized carbons (Fsp3) is 0.960. The van der Waals surface area contributed by atoms with Crippen LogP contribution in [0.4, 0.5) is 0 Å². The molecule has 0 radical (unpaired) electrons. The number of carbonyl (C=O) groups excluding carboxylic acids is 1. The Morgan fingerprint density at radius 2 is 1.41 bits per heavy atom. The molecule has 0 aromatic carbocycles. The van der Waals surface area contributed by atoms with E-state index in [-0.39, 0.29) is 0 Å². The monoisotopic (exact) mass is 405 g/mol. The van der Waals surface area contributed by atoms with E-state index in [0.29, 0.717) is 17.2 Å². The van der Waals surface area contributed by atoms with Gasteiger partial charge in [-0.2, -0.15) is 0 Å². The van der Waals surface area contributed by atoms with E-state index in [1.54, 1.807) is 0 Å². The summed E-state index contributed by atoms with van der Waals surface area (Å²) >= 11 is 0. The molecule has 0 unspecified atom stereocenters. The molecule has 0 aromatic heterocycles. The Morgan fingerprint density at radius 1 is 0.862 bits per heavy atom. The van der Waals surface area contributed by atoms with E-state index in [1.807, 2.05) is 13.8 Å². The van der Waals surface area contributed by atoms with Crippen molar-refractivity contribution in [2.75, 3.05) is 46.3 Å². The van der Waals surface area contributed by atoms with Crippen LogP contribution in [0.3, 0.4) is 0 Å². The van der Waals surface area contributed by atoms with Crippen LogP contribution in [-0.2, 0) is 4.79 Å². The quantitative estimate of drug-likeness (QED) is 0.692. The SMILES string of the molecule is CC.CC(C)C1CCN(C2CCC(C(=O)N3CCC4(CC3)CN(C)C4)CC2)CC1. The standard InChI is InChI=1S/C23H41N3O.C2H6/c1-18(2)19-8-12-25(13-9-19)21-6-4-20(5-7-21)22(27)26-14-10-23(11-15-26)16-24(3)17-23;1-2/h18-21H,4-17H2,1-3H3;1-2H3. The second-order valence-electron chi connectivity index (χ2n) is 10.6. The van der Waals surface area contributed by atoms with Gasteiger partial charge in [-0.1, -0.05) is 27.7 Å². The van der Waals surface area contributed by atoms with Crippen LogP contribution in [0.25, 0.3) is 0 Å². The third-order valence-corrected chi connectivity index (χ3v) is 8.43. The predicted octanol–water partition coefficient (Wildman–Crippen LogP) is 4.49. The average molecular weight is 406 g/mol. The van der Waals surface area contributed by atoms with Crippen molar-refractivity contribution in [1.82, 2.24) is 14.7 Å². The summed E-state index contributed by atoms with van der Waals surface area (Å²) in [6, 6.07) is 0.748. The molecule has 29 heavy (non-hydrogen) atoms. The van der Waals surface area contributed by atoms with Gasteiger partial charge >= 0.3 is 0 Å². The molecule has 4 rings (SSSR count). The van der Waals surface area contributed by atoms with E-state index >= 15 is 0 Å². The number of rotatable bonds is 3. The number of hydrogen-bond donors (Lipinski definition) is 0. The van der Waals surface area contributed by atoms with Crippen molar-refractivity contribution in [3.05, 3.63) is 0 Å². The van der Waals surface area contributed by atoms with Crippen molar-refractivity contribution < 1.29 is 4.79 Å². The maximum atomic E-state index is 13.0. The highest BCUT2D eigenvalue weighted by Crippen LogP contribution is 2.40. The summed E-state index contributed by atoms with van der Waals surface area (Å²) in [5.41, 5.74) is 0.547. The van der Waals surface area contributed by atoms with Crippen LogP contribution in [0.1, 0.15) is 79.1 Å². The molecule has 3 saturated heterocycles. The second kappa shape index (κ2) is 10.1. The van der Waals surface area contributed by atoms with Crippen molar-refractivity contribution in [2.24, 2.45) is 23.2 Å². The van der Waals surface area contributed by atoms with Gasteiger partial charge in [-0.05, 0) is 88.8 Å². The minimum absolute atomic E-state index is 0.313. The Morgan fingerprint density at radius 3 is 1.90 bits per heavy atom. The van der Waals surface area contributed by atoms with Crippen LogP contribution in [0, 0.1) is 23.2 Å². The lowest BCUT2D eigenvalue weighted by molar-refractivity contribution is -0.141. The number of amides is 1. The Labute approximate surface area is 180 Å². The molecule has 1 aliphatic carbocycles. The van der Waals surface area contributed by atoms with E-state index in [0.717, 1.165) is 43.8 Å². The summed E-state index contributed by atoms with van der Waals surface area (Å²) in [5.74, 6) is 2.56. The molecule has 4 heteroatoms. The fourth-order valence-electron chi connectivity index (χ4n) is 6.51. The normalized spacial score (nSPS) is 31.3. The van der Waals surface area contributed by atoms with Crippen LogP contribution in [0.5, 0.6) is 0 Å². The van der Waals surface area contributed by atoms with Crippen LogP contribution in [0.15, 0.2) is 0 Å². The van der Waals surface area contributed by atoms with E-state index in [4.69, 9.17) is 0 Å². The molecule has 0 bridgehead atoms. The first-order chi connectivity index (χ1) is 14.0. The van der Waals surface area contributed by atoms with Gasteiger partial charge in [0.25, 0.3) is 0 Å². The summed E-state index contributed by atoms with van der Waals surface area (Å²) in [4.78, 5) is 20.4. The van der Waals surface area contributed by atoms with Crippen LogP contribution in [0.2, 0.25) is 0 Å². The second-order valence-corrected chi connectivity index (χ2v) is 10.6. The van der Waals surface area contributed by atoms with Crippen LogP contribution in [-0.4, -0.2) is 73.0 Å². The summed E-state index contributed by atoms with van der Waals surface area (Å²) in [6.45, 7) is 15.8. The van der Waals surface area contributed by atoms with Gasteiger partial charge in [-0.25, -0.2) is 0 Å². The summed E-state index contributed by atoms with van der Waals surface area (Å²) in [5, 5.41) is 0. The first-order valence-corrected chi connectivity index (χ1v) is 12.7. The van der Waals surface area contributed by atoms with Gasteiger partial charge in [-0.3, -0.25) is 4.79 Å². The van der Waals surface area contributed by atoms with Crippen molar-refractivity contribution in [2.45, 2.75) is 85.1 Å². The summed E-state index contributed by atoms with van der Waals surface area (Å²) in [6.07, 6.45) is 9.93. The smallest absolute Gasteiger partial charge is 0.225 e. The molecule has 0 N–H and O–H groups in total. The zero-order chi connectivity index (χ0) is 21.0. The van der Waals surface area contributed by atoms with Gasteiger partial charge in [-0.15, -0.1) is 0 Å². The lowest BCUT2D eigenvalue weighted by Crippen LogP contribution is -2.59. The van der Waals surface area contributed by atoms with E-state index < -0.39 is 0 Å². The summed E-state index contributed by atoms with van der Waals surface area (Å²) in [7, 11) is 2.21. The Hall–Kier alpha value is -0.610. The lowest BCUT2D eigenvalue weighted by atomic mass is 9.72. The molecule has 1 amide bonds. The number of nitrogens with zero attached hydrogens (tertiary/aromatic N) is 3. The Bertz CT molecular complexity index is 502. The van der Waals surface area contributed by atoms with Crippen molar-refractivity contribution >= 4 is 5.91 Å². The maximum Gasteiger partial charge on any atom is 0.225 e. The lowest BCUT2D eigenvalue weighted by Gasteiger charge is -2.53. The zero-order valence-corrected chi connectivity index (χ0v) is 20.0. The molecule has 4 aliphatic rings. The van der Waals surface area contributed by atoms with E-state index in [9.17, 15) is 4.79 Å². The van der Waals surface area contributed by atoms with Gasteiger partial charge in [0.05, 0.1) is 0 Å². The zero-order valence-electron chi connectivity index (χ0n) is 20.0. The highest BCUT2D eigenvalue weighted by atomic mass is 16.2. The fourth-order valence-corrected chi connectivity index (χ4v) is 6.51. The average Bonchev–Trinajstić information content (AvgIpc) is 2.74. The van der Waals surface area contributed by atoms with Crippen LogP contribution >= 0.6 is 0 Å². The number of likely N-dealkylation sites (tertiary alicyclic amines) is 3. The molecule has 168 valence electrons. The van der Waals surface area contributed by atoms with Gasteiger partial charge in [0.2, 0.25) is 5.91 Å².